The number of allylic oxidation sites excluding steroid dienone is 4. The minimum Gasteiger partial charge on any atom is -0.875 e. The first-order valence-corrected chi connectivity index (χ1v) is 20.7. The molecule has 0 bridgehead atoms. The number of sulfonamides is 2. The van der Waals surface area contributed by atoms with Crippen LogP contribution in [-0.2, 0) is 39.3 Å². The van der Waals surface area contributed by atoms with E-state index >= 15 is 0 Å². The van der Waals surface area contributed by atoms with Crippen molar-refractivity contribution in [2.45, 2.75) is 78.1 Å². The molecule has 14 nitrogen and oxygen atoms in total. The van der Waals surface area contributed by atoms with E-state index in [1.807, 2.05) is 13.8 Å². The number of oxime groups is 2. The van der Waals surface area contributed by atoms with Gasteiger partial charge in [-0.3, -0.25) is 19.0 Å². The van der Waals surface area contributed by atoms with E-state index in [-0.39, 0.29) is 109 Å². The van der Waals surface area contributed by atoms with Gasteiger partial charge in [-0.1, -0.05) is 48.4 Å². The van der Waals surface area contributed by atoms with Crippen molar-refractivity contribution >= 4 is 92.1 Å². The van der Waals surface area contributed by atoms with Gasteiger partial charge in [0, 0.05) is 35.4 Å². The van der Waals surface area contributed by atoms with Crippen LogP contribution in [0.5, 0.6) is 0 Å². The SMILES string of the molecule is CCON=C(CC)C1=C([O-])CC(c2ccc(NS(C)(=O)=O)cc2)CC1=O.CCON=C(CC)C1=C([O-])CC(c2ccc(NS(C)(=O)=O)cc2)CC1=O.[Ca+2]. The van der Waals surface area contributed by atoms with Gasteiger partial charge in [0.05, 0.1) is 23.9 Å². The van der Waals surface area contributed by atoms with E-state index in [0.717, 1.165) is 23.6 Å². The van der Waals surface area contributed by atoms with E-state index in [1.165, 1.54) is 0 Å². The van der Waals surface area contributed by atoms with Crippen LogP contribution >= 0.6 is 0 Å². The van der Waals surface area contributed by atoms with E-state index < -0.39 is 20.0 Å². The quantitative estimate of drug-likeness (QED) is 0.161. The van der Waals surface area contributed by atoms with Crippen molar-refractivity contribution in [2.75, 3.05) is 35.2 Å². The largest absolute Gasteiger partial charge is 2.00 e. The molecular weight excluding hydrogens is 753 g/mol. The maximum absolute atomic E-state index is 12.5. The summed E-state index contributed by atoms with van der Waals surface area (Å²) in [6, 6.07) is 13.4. The number of hydrogen-bond acceptors (Lipinski definition) is 12. The summed E-state index contributed by atoms with van der Waals surface area (Å²) in [7, 11) is -6.69. The Balaban J connectivity index is 0.000000360. The molecule has 0 amide bonds. The van der Waals surface area contributed by atoms with Crippen molar-refractivity contribution in [3.63, 3.8) is 0 Å². The Kier molecular flexibility index (Phi) is 18.0. The van der Waals surface area contributed by atoms with E-state index in [2.05, 4.69) is 19.8 Å². The summed E-state index contributed by atoms with van der Waals surface area (Å²) in [4.78, 5) is 35.1. The van der Waals surface area contributed by atoms with Gasteiger partial charge in [0.1, 0.15) is 13.2 Å². The molecule has 0 saturated heterocycles. The average Bonchev–Trinajstić information content (AvgIpc) is 3.06. The van der Waals surface area contributed by atoms with Crippen LogP contribution in [0.4, 0.5) is 11.4 Å². The molecule has 2 unspecified atom stereocenters. The molecule has 0 radical (unpaired) electrons. The molecule has 53 heavy (non-hydrogen) atoms. The number of carbonyl (C=O) groups is 2. The predicted molar refractivity (Wildman–Crippen MR) is 202 cm³/mol. The molecule has 0 aliphatic heterocycles. The molecular formula is C36H46CaN4O10S2. The number of benzene rings is 2. The summed E-state index contributed by atoms with van der Waals surface area (Å²) in [5.41, 5.74) is 3.61. The number of anilines is 2. The summed E-state index contributed by atoms with van der Waals surface area (Å²) < 4.78 is 49.8. The number of nitrogens with one attached hydrogen (secondary N) is 2. The molecule has 0 heterocycles. The van der Waals surface area contributed by atoms with Gasteiger partial charge >= 0.3 is 37.7 Å². The molecule has 4 rings (SSSR count). The maximum Gasteiger partial charge on any atom is 2.00 e. The van der Waals surface area contributed by atoms with Crippen molar-refractivity contribution in [2.24, 2.45) is 10.3 Å². The minimum atomic E-state index is -3.35. The fourth-order valence-corrected chi connectivity index (χ4v) is 6.94. The molecule has 284 valence electrons. The van der Waals surface area contributed by atoms with Crippen molar-refractivity contribution in [1.29, 1.82) is 0 Å². The van der Waals surface area contributed by atoms with Crippen LogP contribution in [0.15, 0.2) is 81.5 Å². The first-order valence-electron chi connectivity index (χ1n) is 16.9. The second kappa shape index (κ2) is 20.9. The Bertz CT molecular complexity index is 1800. The second-order valence-electron chi connectivity index (χ2n) is 12.3. The average molecular weight is 799 g/mol. The molecule has 2 aliphatic rings. The van der Waals surface area contributed by atoms with Crippen molar-refractivity contribution < 1.29 is 46.3 Å². The van der Waals surface area contributed by atoms with Crippen LogP contribution in [0.3, 0.4) is 0 Å². The monoisotopic (exact) mass is 798 g/mol. The molecule has 2 aromatic rings. The molecule has 2 aromatic carbocycles. The zero-order valence-corrected chi connectivity index (χ0v) is 34.8. The first-order chi connectivity index (χ1) is 24.5. The van der Waals surface area contributed by atoms with Gasteiger partial charge in [0.2, 0.25) is 20.0 Å². The predicted octanol–water partition coefficient (Wildman–Crippen LogP) is 3.46. The van der Waals surface area contributed by atoms with Crippen LogP contribution < -0.4 is 19.7 Å². The van der Waals surface area contributed by atoms with Gasteiger partial charge in [-0.05, 0) is 86.8 Å². The fraction of sp³-hybridized carbons (Fsp3) is 0.444. The Morgan fingerprint density at radius 3 is 1.21 bits per heavy atom. The molecule has 0 saturated carbocycles. The van der Waals surface area contributed by atoms with Crippen LogP contribution in [-0.4, -0.2) is 103 Å². The summed E-state index contributed by atoms with van der Waals surface area (Å²) in [6.45, 7) is 7.95. The Morgan fingerprint density at radius 2 is 0.962 bits per heavy atom. The van der Waals surface area contributed by atoms with Gasteiger partial charge in [-0.15, -0.1) is 11.5 Å². The number of carbonyl (C=O) groups excluding carboxylic acids is 2. The van der Waals surface area contributed by atoms with Gasteiger partial charge in [0.25, 0.3) is 0 Å². The summed E-state index contributed by atoms with van der Waals surface area (Å²) in [5.74, 6) is -1.38. The van der Waals surface area contributed by atoms with Crippen molar-refractivity contribution in [1.82, 2.24) is 0 Å². The van der Waals surface area contributed by atoms with Gasteiger partial charge in [-0.2, -0.15) is 0 Å². The van der Waals surface area contributed by atoms with Gasteiger partial charge in [-0.25, -0.2) is 16.8 Å². The van der Waals surface area contributed by atoms with Crippen molar-refractivity contribution in [3.05, 3.63) is 82.3 Å². The third-order valence-electron chi connectivity index (χ3n) is 8.07. The van der Waals surface area contributed by atoms with Crippen LogP contribution in [0.25, 0.3) is 0 Å². The Hall–Kier alpha value is -3.44. The third-order valence-corrected chi connectivity index (χ3v) is 9.28. The van der Waals surface area contributed by atoms with Crippen LogP contribution in [0.1, 0.15) is 89.2 Å². The number of nitrogens with zero attached hydrogens (tertiary/aromatic N) is 2. The molecule has 0 aromatic heterocycles. The topological polar surface area (TPSA) is 216 Å². The zero-order chi connectivity index (χ0) is 38.6. The summed E-state index contributed by atoms with van der Waals surface area (Å²) >= 11 is 0. The van der Waals surface area contributed by atoms with Gasteiger partial charge in [0.15, 0.2) is 11.6 Å². The van der Waals surface area contributed by atoms with Crippen LogP contribution in [0, 0.1) is 0 Å². The number of Topliss-reactive ketones (excluding diaryl/α,β-unsaturated/α-hetero) is 2. The molecule has 2 N–H and O–H groups in total. The molecule has 0 spiro atoms. The first kappa shape index (κ1) is 45.7. The zero-order valence-electron chi connectivity index (χ0n) is 30.9. The second-order valence-corrected chi connectivity index (χ2v) is 15.8. The minimum absolute atomic E-state index is 0. The molecule has 2 atom stereocenters. The normalized spacial score (nSPS) is 18.5. The van der Waals surface area contributed by atoms with E-state index in [9.17, 15) is 36.6 Å². The van der Waals surface area contributed by atoms with Crippen LogP contribution in [0.2, 0.25) is 0 Å². The molecule has 17 heteroatoms. The third kappa shape index (κ3) is 14.0. The van der Waals surface area contributed by atoms with E-state index in [0.29, 0.717) is 48.9 Å². The van der Waals surface area contributed by atoms with Gasteiger partial charge < -0.3 is 19.9 Å². The standard InChI is InChI=1S/2C18H24N2O5S.Ca/c2*1-4-15(19-25-5-2)18-16(21)10-13(11-17(18)22)12-6-8-14(9-7-12)20-26(3,23)24;/h2*6-9,13,20-21H,4-5,10-11H2,1-3H3;/q;;+2/p-2. The Labute approximate surface area is 341 Å². The molecule has 2 aliphatic carbocycles. The van der Waals surface area contributed by atoms with Crippen molar-refractivity contribution in [3.8, 4) is 0 Å². The Morgan fingerprint density at radius 1 is 0.642 bits per heavy atom. The number of ketones is 2. The fourth-order valence-electron chi connectivity index (χ4n) is 5.81. The number of rotatable bonds is 14. The summed E-state index contributed by atoms with van der Waals surface area (Å²) in [6.07, 6.45) is 3.90. The maximum atomic E-state index is 12.5. The van der Waals surface area contributed by atoms with E-state index in [4.69, 9.17) is 9.68 Å². The number of hydrogen-bond donors (Lipinski definition) is 2. The van der Waals surface area contributed by atoms with E-state index in [1.54, 1.807) is 62.4 Å². The smallest absolute Gasteiger partial charge is 0.875 e. The molecule has 0 fully saturated rings. The summed E-state index contributed by atoms with van der Waals surface area (Å²) in [5, 5.41) is 32.8.